The summed E-state index contributed by atoms with van der Waals surface area (Å²) in [6.45, 7) is 2.95. The maximum atomic E-state index is 10.6. The van der Waals surface area contributed by atoms with Crippen molar-refractivity contribution in [3.05, 3.63) is 24.3 Å². The van der Waals surface area contributed by atoms with E-state index in [1.54, 1.807) is 0 Å². The maximum Gasteiger partial charge on any atom is 0.313 e. The van der Waals surface area contributed by atoms with Crippen LogP contribution in [-0.2, 0) is 11.3 Å². The molecule has 0 bridgehead atoms. The van der Waals surface area contributed by atoms with Gasteiger partial charge in [-0.2, -0.15) is 0 Å². The number of hydrogen-bond donors (Lipinski definition) is 1. The number of aryl methyl sites for hydroxylation is 1. The summed E-state index contributed by atoms with van der Waals surface area (Å²) in [4.78, 5) is 15.1. The Hall–Kier alpha value is -2.15. The lowest BCUT2D eigenvalue weighted by Crippen LogP contribution is -2.02. The summed E-state index contributed by atoms with van der Waals surface area (Å²) in [7, 11) is 0. The first-order chi connectivity index (χ1) is 10.2. The van der Waals surface area contributed by atoms with Crippen LogP contribution in [0.2, 0.25) is 0 Å². The zero-order chi connectivity index (χ0) is 14.8. The highest BCUT2D eigenvalue weighted by atomic mass is 32.2. The van der Waals surface area contributed by atoms with Gasteiger partial charge in [-0.15, -0.1) is 10.2 Å². The number of carboxylic acids is 1. The van der Waals surface area contributed by atoms with Crippen LogP contribution < -0.4 is 0 Å². The molecule has 7 heteroatoms. The van der Waals surface area contributed by atoms with Crippen LogP contribution in [0.25, 0.3) is 22.1 Å². The zero-order valence-corrected chi connectivity index (χ0v) is 12.3. The average molecular weight is 302 g/mol. The molecule has 1 N–H and O–H groups in total. The molecular formula is C14H14N4O2S. The summed E-state index contributed by atoms with van der Waals surface area (Å²) in [6, 6.07) is 8.00. The molecule has 0 aliphatic rings. The lowest BCUT2D eigenvalue weighted by Gasteiger charge is -2.04. The fourth-order valence-electron chi connectivity index (χ4n) is 2.33. The number of benzene rings is 1. The van der Waals surface area contributed by atoms with Gasteiger partial charge < -0.3 is 9.67 Å². The van der Waals surface area contributed by atoms with E-state index in [-0.39, 0.29) is 5.75 Å². The summed E-state index contributed by atoms with van der Waals surface area (Å²) in [5.41, 5.74) is 2.61. The normalized spacial score (nSPS) is 11.3. The second-order valence-electron chi connectivity index (χ2n) is 4.62. The van der Waals surface area contributed by atoms with Crippen molar-refractivity contribution in [1.82, 2.24) is 19.7 Å². The number of thioether (sulfide) groups is 1. The highest BCUT2D eigenvalue weighted by Crippen LogP contribution is 2.27. The van der Waals surface area contributed by atoms with Crippen molar-refractivity contribution in [2.45, 2.75) is 25.0 Å². The van der Waals surface area contributed by atoms with Crippen LogP contribution >= 0.6 is 11.8 Å². The molecule has 0 saturated heterocycles. The van der Waals surface area contributed by atoms with Gasteiger partial charge in [0.15, 0.2) is 5.65 Å². The summed E-state index contributed by atoms with van der Waals surface area (Å²) in [5, 5.41) is 18.4. The first kappa shape index (κ1) is 13.8. The van der Waals surface area contributed by atoms with Crippen LogP contribution in [0.1, 0.15) is 13.3 Å². The average Bonchev–Trinajstić information content (AvgIpc) is 2.80. The monoisotopic (exact) mass is 302 g/mol. The molecule has 0 radical (unpaired) electrons. The number of para-hydroxylation sites is 1. The molecule has 21 heavy (non-hydrogen) atoms. The third-order valence-electron chi connectivity index (χ3n) is 3.13. The van der Waals surface area contributed by atoms with Gasteiger partial charge in [-0.1, -0.05) is 36.9 Å². The van der Waals surface area contributed by atoms with Crippen molar-refractivity contribution >= 4 is 39.8 Å². The van der Waals surface area contributed by atoms with E-state index < -0.39 is 5.97 Å². The molecule has 2 heterocycles. The van der Waals surface area contributed by atoms with Gasteiger partial charge in [0.25, 0.3) is 0 Å². The van der Waals surface area contributed by atoms with Crippen molar-refractivity contribution in [3.63, 3.8) is 0 Å². The molecule has 0 fully saturated rings. The lowest BCUT2D eigenvalue weighted by atomic mass is 10.2. The summed E-state index contributed by atoms with van der Waals surface area (Å²) < 4.78 is 2.12. The topological polar surface area (TPSA) is 80.9 Å². The largest absolute Gasteiger partial charge is 0.481 e. The van der Waals surface area contributed by atoms with E-state index in [0.29, 0.717) is 5.16 Å². The minimum Gasteiger partial charge on any atom is -0.481 e. The number of rotatable bonds is 5. The number of hydrogen-bond acceptors (Lipinski definition) is 5. The minimum absolute atomic E-state index is 0.0683. The van der Waals surface area contributed by atoms with Crippen LogP contribution in [0.15, 0.2) is 29.4 Å². The van der Waals surface area contributed by atoms with Crippen LogP contribution in [0.4, 0.5) is 0 Å². The van der Waals surface area contributed by atoms with E-state index in [0.717, 1.165) is 46.8 Å². The fourth-order valence-corrected chi connectivity index (χ4v) is 2.83. The van der Waals surface area contributed by atoms with Crippen molar-refractivity contribution in [3.8, 4) is 0 Å². The number of nitrogens with zero attached hydrogens (tertiary/aromatic N) is 4. The molecular weight excluding hydrogens is 288 g/mol. The molecule has 6 nitrogen and oxygen atoms in total. The van der Waals surface area contributed by atoms with Gasteiger partial charge in [-0.3, -0.25) is 4.79 Å². The highest BCUT2D eigenvalue weighted by molar-refractivity contribution is 7.99. The Morgan fingerprint density at radius 3 is 2.90 bits per heavy atom. The Balaban J connectivity index is 2.16. The molecule has 0 unspecified atom stereocenters. The van der Waals surface area contributed by atoms with Gasteiger partial charge in [0.1, 0.15) is 5.52 Å². The first-order valence-corrected chi connectivity index (χ1v) is 7.65. The molecule has 0 saturated carbocycles. The van der Waals surface area contributed by atoms with E-state index in [4.69, 9.17) is 5.11 Å². The Labute approximate surface area is 125 Å². The van der Waals surface area contributed by atoms with Crippen molar-refractivity contribution < 1.29 is 9.90 Å². The Morgan fingerprint density at radius 1 is 1.33 bits per heavy atom. The second-order valence-corrected chi connectivity index (χ2v) is 5.56. The number of fused-ring (bicyclic) bond motifs is 3. The van der Waals surface area contributed by atoms with Crippen LogP contribution in [0.3, 0.4) is 0 Å². The summed E-state index contributed by atoms with van der Waals surface area (Å²) >= 11 is 1.08. The molecule has 1 aromatic carbocycles. The van der Waals surface area contributed by atoms with Gasteiger partial charge in [0.05, 0.1) is 11.3 Å². The Bertz CT molecular complexity index is 815. The van der Waals surface area contributed by atoms with Crippen molar-refractivity contribution in [2.24, 2.45) is 0 Å². The van der Waals surface area contributed by atoms with Gasteiger partial charge in [-0.05, 0) is 12.5 Å². The molecule has 3 rings (SSSR count). The van der Waals surface area contributed by atoms with Crippen LogP contribution in [-0.4, -0.2) is 36.6 Å². The van der Waals surface area contributed by atoms with E-state index in [1.807, 2.05) is 24.3 Å². The smallest absolute Gasteiger partial charge is 0.313 e. The Kier molecular flexibility index (Phi) is 3.74. The highest BCUT2D eigenvalue weighted by Gasteiger charge is 2.14. The number of aromatic nitrogens is 4. The minimum atomic E-state index is -0.891. The maximum absolute atomic E-state index is 10.6. The molecule has 2 aromatic heterocycles. The molecule has 108 valence electrons. The van der Waals surface area contributed by atoms with E-state index in [2.05, 4.69) is 26.7 Å². The number of aliphatic carboxylic acids is 1. The molecule has 0 aliphatic carbocycles. The SMILES string of the molecule is CCCn1c2ccccc2c2nnc(SCC(=O)O)nc21. The van der Waals surface area contributed by atoms with Crippen LogP contribution in [0, 0.1) is 0 Å². The predicted molar refractivity (Wildman–Crippen MR) is 81.5 cm³/mol. The standard InChI is InChI=1S/C14H14N4O2S/c1-2-7-18-10-6-4-3-5-9(10)12-13(18)15-14(17-16-12)21-8-11(19)20/h3-6H,2,7-8H2,1H3,(H,19,20). The van der Waals surface area contributed by atoms with E-state index >= 15 is 0 Å². The van der Waals surface area contributed by atoms with E-state index in [1.165, 1.54) is 0 Å². The molecule has 3 aromatic rings. The van der Waals surface area contributed by atoms with Crippen LogP contribution in [0.5, 0.6) is 0 Å². The second kappa shape index (κ2) is 5.69. The first-order valence-electron chi connectivity index (χ1n) is 6.67. The number of carbonyl (C=O) groups is 1. The van der Waals surface area contributed by atoms with Crippen molar-refractivity contribution in [2.75, 3.05) is 5.75 Å². The molecule has 0 aliphatic heterocycles. The van der Waals surface area contributed by atoms with E-state index in [9.17, 15) is 4.79 Å². The zero-order valence-electron chi connectivity index (χ0n) is 11.5. The third-order valence-corrected chi connectivity index (χ3v) is 3.95. The molecule has 0 atom stereocenters. The predicted octanol–water partition coefficient (Wildman–Crippen LogP) is 2.57. The van der Waals surface area contributed by atoms with Gasteiger partial charge in [0.2, 0.25) is 5.16 Å². The van der Waals surface area contributed by atoms with Crippen molar-refractivity contribution in [1.29, 1.82) is 0 Å². The van der Waals surface area contributed by atoms with Gasteiger partial charge in [0, 0.05) is 11.9 Å². The fraction of sp³-hybridized carbons (Fsp3) is 0.286. The lowest BCUT2D eigenvalue weighted by molar-refractivity contribution is -0.133. The molecule has 0 spiro atoms. The Morgan fingerprint density at radius 2 is 2.14 bits per heavy atom. The van der Waals surface area contributed by atoms with Gasteiger partial charge in [-0.25, -0.2) is 4.98 Å². The molecule has 0 amide bonds. The van der Waals surface area contributed by atoms with Gasteiger partial charge >= 0.3 is 5.97 Å². The summed E-state index contributed by atoms with van der Waals surface area (Å²) in [5.74, 6) is -0.959. The quantitative estimate of drug-likeness (QED) is 0.730. The summed E-state index contributed by atoms with van der Waals surface area (Å²) in [6.07, 6.45) is 0.982. The third kappa shape index (κ3) is 2.56. The number of carboxylic acid groups (broad SMARTS) is 1.